The molecule has 3 aromatic rings. The number of ether oxygens (including phenoxy) is 2. The molecule has 1 aromatic heterocycles. The molecule has 0 fully saturated rings. The number of carbonyl (C=O) groups excluding carboxylic acids is 1. The lowest BCUT2D eigenvalue weighted by atomic mass is 10.2. The zero-order valence-corrected chi connectivity index (χ0v) is 21.5. The lowest BCUT2D eigenvalue weighted by Crippen LogP contribution is -2.34. The van der Waals surface area contributed by atoms with Crippen molar-refractivity contribution in [2.24, 2.45) is 0 Å². The molecule has 0 bridgehead atoms. The van der Waals surface area contributed by atoms with Crippen LogP contribution in [-0.2, 0) is 16.1 Å². The summed E-state index contributed by atoms with van der Waals surface area (Å²) in [6, 6.07) is 14.8. The van der Waals surface area contributed by atoms with Crippen molar-refractivity contribution in [3.63, 3.8) is 0 Å². The Morgan fingerprint density at radius 1 is 1.19 bits per heavy atom. The number of hydrogen-bond acceptors (Lipinski definition) is 7. The van der Waals surface area contributed by atoms with Crippen molar-refractivity contribution in [1.82, 2.24) is 4.57 Å². The molecule has 10 heteroatoms. The smallest absolute Gasteiger partial charge is 0.335 e. The van der Waals surface area contributed by atoms with Crippen LogP contribution in [0, 0.1) is 11.3 Å². The van der Waals surface area contributed by atoms with Gasteiger partial charge in [0.25, 0.3) is 11.5 Å². The van der Waals surface area contributed by atoms with E-state index in [0.717, 1.165) is 11.3 Å². The third-order valence-corrected chi connectivity index (χ3v) is 6.28. The molecule has 3 rings (SSSR count). The Bertz CT molecular complexity index is 1500. The number of carbonyl (C=O) groups is 2. The Hall–Kier alpha value is -4.20. The van der Waals surface area contributed by atoms with Gasteiger partial charge in [-0.3, -0.25) is 14.2 Å². The summed E-state index contributed by atoms with van der Waals surface area (Å²) >= 11 is 1.04. The minimum absolute atomic E-state index is 0.0640. The Morgan fingerprint density at radius 3 is 2.51 bits per heavy atom. The lowest BCUT2D eigenvalue weighted by Gasteiger charge is -2.11. The van der Waals surface area contributed by atoms with Crippen LogP contribution < -0.4 is 24.8 Å². The predicted molar refractivity (Wildman–Crippen MR) is 141 cm³/mol. The Balaban J connectivity index is 2.12. The van der Waals surface area contributed by atoms with E-state index in [0.29, 0.717) is 34.6 Å². The zero-order chi connectivity index (χ0) is 26.9. The van der Waals surface area contributed by atoms with Gasteiger partial charge in [-0.05, 0) is 56.7 Å². The second-order valence-corrected chi connectivity index (χ2v) is 9.28. The molecule has 0 aliphatic rings. The van der Waals surface area contributed by atoms with Crippen molar-refractivity contribution in [3.8, 4) is 11.8 Å². The van der Waals surface area contributed by atoms with E-state index < -0.39 is 11.9 Å². The number of aromatic carboxylic acids is 1. The summed E-state index contributed by atoms with van der Waals surface area (Å²) in [6.45, 7) is 4.47. The number of carboxylic acid groups (broad SMARTS) is 1. The third-order valence-electron chi connectivity index (χ3n) is 5.15. The number of rotatable bonds is 10. The van der Waals surface area contributed by atoms with Crippen LogP contribution in [0.15, 0.2) is 53.3 Å². The molecule has 0 saturated carbocycles. The van der Waals surface area contributed by atoms with Crippen molar-refractivity contribution in [1.29, 1.82) is 5.26 Å². The lowest BCUT2D eigenvalue weighted by molar-refractivity contribution is -0.111. The van der Waals surface area contributed by atoms with Gasteiger partial charge in [0.1, 0.15) is 16.5 Å². The summed E-state index contributed by atoms with van der Waals surface area (Å²) in [6.07, 6.45) is 2.13. The van der Waals surface area contributed by atoms with Crippen LogP contribution in [-0.4, -0.2) is 41.4 Å². The molecular weight excluding hydrogens is 494 g/mol. The zero-order valence-electron chi connectivity index (χ0n) is 20.7. The monoisotopic (exact) mass is 521 g/mol. The molecule has 0 radical (unpaired) electrons. The molecule has 0 aliphatic heterocycles. The first-order valence-corrected chi connectivity index (χ1v) is 12.3. The summed E-state index contributed by atoms with van der Waals surface area (Å²) in [5, 5.41) is 21.6. The largest absolute Gasteiger partial charge is 0.490 e. The average molecular weight is 522 g/mol. The fraction of sp³-hybridized carbons (Fsp3) is 0.259. The molecule has 0 spiro atoms. The quantitative estimate of drug-likeness (QED) is 0.392. The summed E-state index contributed by atoms with van der Waals surface area (Å²) in [5.74, 6) is -1.18. The maximum atomic E-state index is 13.4. The molecule has 0 unspecified atom stereocenters. The molecular formula is C27H27N3O6S. The number of nitriles is 1. The molecule has 0 saturated heterocycles. The van der Waals surface area contributed by atoms with E-state index >= 15 is 0 Å². The van der Waals surface area contributed by atoms with Gasteiger partial charge in [-0.25, -0.2) is 4.79 Å². The Kier molecular flexibility index (Phi) is 9.38. The van der Waals surface area contributed by atoms with Crippen LogP contribution in [0.4, 0.5) is 5.69 Å². The van der Waals surface area contributed by atoms with Crippen molar-refractivity contribution in [2.75, 3.05) is 19.0 Å². The average Bonchev–Trinajstić information content (AvgIpc) is 3.15. The number of para-hydroxylation sites is 1. The van der Waals surface area contributed by atoms with Crippen molar-refractivity contribution in [2.45, 2.75) is 32.9 Å². The van der Waals surface area contributed by atoms with E-state index in [-0.39, 0.29) is 34.0 Å². The molecule has 2 aromatic carbocycles. The number of hydrogen-bond donors (Lipinski definition) is 2. The van der Waals surface area contributed by atoms with Crippen molar-refractivity contribution >= 4 is 40.5 Å². The summed E-state index contributed by atoms with van der Waals surface area (Å²) in [7, 11) is 1.55. The molecule has 2 N–H and O–H groups in total. The van der Waals surface area contributed by atoms with Gasteiger partial charge in [-0.1, -0.05) is 18.2 Å². The number of amides is 1. The van der Waals surface area contributed by atoms with Gasteiger partial charge in [-0.15, -0.1) is 11.3 Å². The highest BCUT2D eigenvalue weighted by Gasteiger charge is 2.17. The second kappa shape index (κ2) is 12.7. The normalized spacial score (nSPS) is 12.2. The maximum Gasteiger partial charge on any atom is 0.335 e. The van der Waals surface area contributed by atoms with E-state index in [1.807, 2.05) is 44.2 Å². The van der Waals surface area contributed by atoms with E-state index in [1.165, 1.54) is 28.8 Å². The van der Waals surface area contributed by atoms with Gasteiger partial charge >= 0.3 is 5.97 Å². The van der Waals surface area contributed by atoms with Crippen LogP contribution in [0.5, 0.6) is 5.75 Å². The number of anilines is 1. The Morgan fingerprint density at radius 2 is 1.89 bits per heavy atom. The van der Waals surface area contributed by atoms with Gasteiger partial charge in [0.05, 0.1) is 16.2 Å². The van der Waals surface area contributed by atoms with Crippen LogP contribution in [0.25, 0.3) is 11.6 Å². The number of benzene rings is 2. The van der Waals surface area contributed by atoms with Gasteiger partial charge < -0.3 is 19.9 Å². The number of aromatic nitrogens is 1. The number of nitrogens with zero attached hydrogens (tertiary/aromatic N) is 2. The highest BCUT2D eigenvalue weighted by molar-refractivity contribution is 7.07. The van der Waals surface area contributed by atoms with Crippen molar-refractivity contribution < 1.29 is 24.2 Å². The molecule has 0 atom stereocenters. The summed E-state index contributed by atoms with van der Waals surface area (Å²) in [5.41, 5.74) is 0.524. The van der Waals surface area contributed by atoms with E-state index in [1.54, 1.807) is 13.2 Å². The second-order valence-electron chi connectivity index (χ2n) is 8.25. The molecule has 0 aliphatic carbocycles. The van der Waals surface area contributed by atoms with Gasteiger partial charge in [0.2, 0.25) is 0 Å². The highest BCUT2D eigenvalue weighted by Crippen LogP contribution is 2.20. The van der Waals surface area contributed by atoms with Crippen LogP contribution in [0.1, 0.15) is 36.2 Å². The van der Waals surface area contributed by atoms with Gasteiger partial charge in [0.15, 0.2) is 5.57 Å². The molecule has 37 heavy (non-hydrogen) atoms. The standard InChI is InChI=1S/C27H27N3O6S/c1-17(2)36-22-8-5-4-7-19(22)15-23-25(32)30(13-6-14-35-3)26(37-23)21(16-28)24(31)29-20-11-9-18(10-12-20)27(33)34/h4-5,7-12,15,17H,6,13-14H2,1-3H3,(H,29,31)(H,33,34). The van der Waals surface area contributed by atoms with Gasteiger partial charge in [-0.2, -0.15) is 5.26 Å². The first-order valence-electron chi connectivity index (χ1n) is 11.5. The maximum absolute atomic E-state index is 13.4. The first kappa shape index (κ1) is 27.4. The summed E-state index contributed by atoms with van der Waals surface area (Å²) in [4.78, 5) is 37.5. The predicted octanol–water partition coefficient (Wildman–Crippen LogP) is 2.57. The third kappa shape index (κ3) is 6.94. The van der Waals surface area contributed by atoms with Crippen LogP contribution in [0.3, 0.4) is 0 Å². The number of nitrogens with one attached hydrogen (secondary N) is 1. The minimum atomic E-state index is -1.09. The molecule has 1 heterocycles. The van der Waals surface area contributed by atoms with E-state index in [2.05, 4.69) is 5.32 Å². The first-order chi connectivity index (χ1) is 17.7. The summed E-state index contributed by atoms with van der Waals surface area (Å²) < 4.78 is 12.9. The molecule has 9 nitrogen and oxygen atoms in total. The van der Waals surface area contributed by atoms with E-state index in [4.69, 9.17) is 14.6 Å². The van der Waals surface area contributed by atoms with Crippen LogP contribution >= 0.6 is 11.3 Å². The topological polar surface area (TPSA) is 131 Å². The number of methoxy groups -OCH3 is 1. The SMILES string of the molecule is COCCCn1c(=C(C#N)C(=O)Nc2ccc(C(=O)O)cc2)sc(=Cc2ccccc2OC(C)C)c1=O. The Labute approximate surface area is 217 Å². The molecule has 1 amide bonds. The van der Waals surface area contributed by atoms with Gasteiger partial charge in [0, 0.05) is 31.5 Å². The van der Waals surface area contributed by atoms with E-state index in [9.17, 15) is 19.6 Å². The molecule has 192 valence electrons. The fourth-order valence-electron chi connectivity index (χ4n) is 3.46. The minimum Gasteiger partial charge on any atom is -0.490 e. The number of thiazole rings is 1. The van der Waals surface area contributed by atoms with Crippen LogP contribution in [0.2, 0.25) is 0 Å². The highest BCUT2D eigenvalue weighted by atomic mass is 32.1. The number of carboxylic acids is 1. The van der Waals surface area contributed by atoms with Crippen molar-refractivity contribution in [3.05, 3.63) is 79.2 Å². The fourth-order valence-corrected chi connectivity index (χ4v) is 4.58.